The number of nitrogens with one attached hydrogen (secondary N) is 1. The minimum atomic E-state index is -1.11. The third-order valence-electron chi connectivity index (χ3n) is 5.32. The molecule has 8 nitrogen and oxygen atoms in total. The molecule has 0 saturated heterocycles. The van der Waals surface area contributed by atoms with Crippen LogP contribution in [0.25, 0.3) is 11.1 Å². The number of aliphatic imine (C=N–C) groups is 1. The Kier molecular flexibility index (Phi) is 7.12. The van der Waals surface area contributed by atoms with Gasteiger partial charge in [0, 0.05) is 26.6 Å². The van der Waals surface area contributed by atoms with E-state index in [9.17, 15) is 14.7 Å². The summed E-state index contributed by atoms with van der Waals surface area (Å²) in [4.78, 5) is 29.7. The van der Waals surface area contributed by atoms with Crippen molar-refractivity contribution in [1.82, 2.24) is 10.2 Å². The number of hydrogen-bond donors (Lipinski definition) is 3. The number of carboxylic acids is 1. The van der Waals surface area contributed by atoms with Crippen LogP contribution < -0.4 is 11.1 Å². The van der Waals surface area contributed by atoms with E-state index in [-0.39, 0.29) is 18.9 Å². The third kappa shape index (κ3) is 5.33. The van der Waals surface area contributed by atoms with Gasteiger partial charge in [0.2, 0.25) is 0 Å². The zero-order chi connectivity index (χ0) is 22.4. The number of ether oxygens (including phenoxy) is 1. The maximum absolute atomic E-state index is 12.3. The van der Waals surface area contributed by atoms with Crippen LogP contribution in [0.5, 0.6) is 0 Å². The van der Waals surface area contributed by atoms with E-state index in [4.69, 9.17) is 10.5 Å². The lowest BCUT2D eigenvalue weighted by Gasteiger charge is -2.17. The quantitative estimate of drug-likeness (QED) is 0.341. The Balaban J connectivity index is 1.56. The van der Waals surface area contributed by atoms with Gasteiger partial charge < -0.3 is 25.8 Å². The number of carbonyl (C=O) groups is 2. The van der Waals surface area contributed by atoms with Crippen LogP contribution in [0.3, 0.4) is 0 Å². The maximum atomic E-state index is 12.3. The van der Waals surface area contributed by atoms with Gasteiger partial charge in [-0.2, -0.15) is 0 Å². The fourth-order valence-electron chi connectivity index (χ4n) is 3.67. The van der Waals surface area contributed by atoms with Gasteiger partial charge in [0.25, 0.3) is 0 Å². The van der Waals surface area contributed by atoms with Crippen LogP contribution in [0.2, 0.25) is 0 Å². The number of nitrogens with two attached hydrogens (primary N) is 1. The lowest BCUT2D eigenvalue weighted by Crippen LogP contribution is -2.41. The minimum Gasteiger partial charge on any atom is -0.480 e. The number of hydrogen-bond acceptors (Lipinski definition) is 4. The average Bonchev–Trinajstić information content (AvgIpc) is 3.07. The molecule has 0 aliphatic heterocycles. The number of carbonyl (C=O) groups excluding carboxylic acids is 1. The molecule has 0 fully saturated rings. The van der Waals surface area contributed by atoms with Crippen molar-refractivity contribution in [3.8, 4) is 11.1 Å². The van der Waals surface area contributed by atoms with Gasteiger partial charge in [-0.15, -0.1) is 0 Å². The standard InChI is InChI=1S/C23H28N4O4/c1-27(2)22(24)25-13-7-12-20(21(28)29)26-23(30)31-14-19-17-10-5-3-8-15(17)16-9-4-6-11-18(16)19/h3-6,8-11,19-20H,7,12-14H2,1-2H3,(H2,24,25)(H,26,30)(H,28,29)/t20-/m1/s1. The van der Waals surface area contributed by atoms with Gasteiger partial charge in [0.05, 0.1) is 0 Å². The largest absolute Gasteiger partial charge is 0.480 e. The number of rotatable bonds is 8. The lowest BCUT2D eigenvalue weighted by molar-refractivity contribution is -0.139. The van der Waals surface area contributed by atoms with Gasteiger partial charge in [-0.05, 0) is 35.1 Å². The van der Waals surface area contributed by atoms with E-state index in [1.54, 1.807) is 19.0 Å². The summed E-state index contributed by atoms with van der Waals surface area (Å²) in [6.07, 6.45) is -0.0515. The van der Waals surface area contributed by atoms with Gasteiger partial charge in [-0.1, -0.05) is 48.5 Å². The second kappa shape index (κ2) is 9.97. The van der Waals surface area contributed by atoms with Crippen LogP contribution in [-0.2, 0) is 9.53 Å². The molecular weight excluding hydrogens is 396 g/mol. The summed E-state index contributed by atoms with van der Waals surface area (Å²) in [5.74, 6) is -0.820. The molecule has 2 aromatic rings. The summed E-state index contributed by atoms with van der Waals surface area (Å²) < 4.78 is 5.43. The number of alkyl carbamates (subject to hydrolysis) is 1. The number of guanidine groups is 1. The van der Waals surface area contributed by atoms with Crippen molar-refractivity contribution >= 4 is 18.0 Å². The number of carboxylic acid groups (broad SMARTS) is 1. The van der Waals surface area contributed by atoms with Crippen molar-refractivity contribution < 1.29 is 19.4 Å². The monoisotopic (exact) mass is 424 g/mol. The molecule has 0 saturated carbocycles. The Hall–Kier alpha value is -3.55. The van der Waals surface area contributed by atoms with Crippen LogP contribution in [0.1, 0.15) is 29.9 Å². The van der Waals surface area contributed by atoms with Crippen molar-refractivity contribution in [2.45, 2.75) is 24.8 Å². The second-order valence-electron chi connectivity index (χ2n) is 7.64. The van der Waals surface area contributed by atoms with Gasteiger partial charge in [0.1, 0.15) is 12.6 Å². The first-order valence-electron chi connectivity index (χ1n) is 10.2. The van der Waals surface area contributed by atoms with E-state index in [2.05, 4.69) is 22.4 Å². The van der Waals surface area contributed by atoms with Crippen molar-refractivity contribution in [2.24, 2.45) is 10.7 Å². The van der Waals surface area contributed by atoms with Crippen molar-refractivity contribution in [3.63, 3.8) is 0 Å². The highest BCUT2D eigenvalue weighted by Gasteiger charge is 2.29. The smallest absolute Gasteiger partial charge is 0.407 e. The predicted molar refractivity (Wildman–Crippen MR) is 119 cm³/mol. The van der Waals surface area contributed by atoms with Crippen molar-refractivity contribution in [3.05, 3.63) is 59.7 Å². The van der Waals surface area contributed by atoms with Gasteiger partial charge in [0.15, 0.2) is 5.96 Å². The summed E-state index contributed by atoms with van der Waals surface area (Å²) in [5, 5.41) is 11.9. The van der Waals surface area contributed by atoms with E-state index in [1.165, 1.54) is 0 Å². The molecule has 3 rings (SSSR count). The van der Waals surface area contributed by atoms with Crippen molar-refractivity contribution in [1.29, 1.82) is 0 Å². The van der Waals surface area contributed by atoms with E-state index < -0.39 is 18.1 Å². The molecule has 1 amide bonds. The zero-order valence-corrected chi connectivity index (χ0v) is 17.7. The normalized spacial score (nSPS) is 13.8. The molecule has 0 bridgehead atoms. The lowest BCUT2D eigenvalue weighted by atomic mass is 9.98. The Morgan fingerprint density at radius 3 is 2.26 bits per heavy atom. The first-order chi connectivity index (χ1) is 14.9. The molecule has 0 aromatic heterocycles. The fourth-order valence-corrected chi connectivity index (χ4v) is 3.67. The Morgan fingerprint density at radius 1 is 1.13 bits per heavy atom. The molecule has 0 unspecified atom stereocenters. The summed E-state index contributed by atoms with van der Waals surface area (Å²) in [5.41, 5.74) is 10.2. The van der Waals surface area contributed by atoms with Gasteiger partial charge in [-0.25, -0.2) is 9.59 Å². The number of benzene rings is 2. The number of nitrogens with zero attached hydrogens (tertiary/aromatic N) is 2. The number of amides is 1. The molecule has 0 heterocycles. The van der Waals surface area contributed by atoms with Crippen LogP contribution >= 0.6 is 0 Å². The molecule has 0 radical (unpaired) electrons. The van der Waals surface area contributed by atoms with E-state index >= 15 is 0 Å². The first-order valence-corrected chi connectivity index (χ1v) is 10.2. The average molecular weight is 425 g/mol. The SMILES string of the molecule is CN(C)C(N)=NCCC[C@@H](NC(=O)OCC1c2ccccc2-c2ccccc21)C(=O)O. The molecule has 31 heavy (non-hydrogen) atoms. The second-order valence-corrected chi connectivity index (χ2v) is 7.64. The maximum Gasteiger partial charge on any atom is 0.407 e. The van der Waals surface area contributed by atoms with Gasteiger partial charge >= 0.3 is 12.1 Å². The summed E-state index contributed by atoms with van der Waals surface area (Å²) in [7, 11) is 3.55. The molecule has 4 N–H and O–H groups in total. The summed E-state index contributed by atoms with van der Waals surface area (Å²) in [6.45, 7) is 0.510. The molecule has 1 aliphatic carbocycles. The number of fused-ring (bicyclic) bond motifs is 3. The molecule has 1 aliphatic rings. The highest BCUT2D eigenvalue weighted by atomic mass is 16.5. The molecule has 164 valence electrons. The highest BCUT2D eigenvalue weighted by Crippen LogP contribution is 2.44. The zero-order valence-electron chi connectivity index (χ0n) is 17.7. The van der Waals surface area contributed by atoms with Gasteiger partial charge in [-0.3, -0.25) is 4.99 Å². The topological polar surface area (TPSA) is 117 Å². The third-order valence-corrected chi connectivity index (χ3v) is 5.32. The Labute approximate surface area is 181 Å². The van der Waals surface area contributed by atoms with E-state index in [1.807, 2.05) is 36.4 Å². The van der Waals surface area contributed by atoms with E-state index in [0.29, 0.717) is 18.9 Å². The number of aliphatic carboxylic acids is 1. The molecule has 0 spiro atoms. The fraction of sp³-hybridized carbons (Fsp3) is 0.348. The molecule has 8 heteroatoms. The summed E-state index contributed by atoms with van der Waals surface area (Å²) >= 11 is 0. The van der Waals surface area contributed by atoms with Crippen LogP contribution in [0, 0.1) is 0 Å². The summed E-state index contributed by atoms with van der Waals surface area (Å²) in [6, 6.07) is 15.0. The Morgan fingerprint density at radius 2 is 1.71 bits per heavy atom. The van der Waals surface area contributed by atoms with E-state index in [0.717, 1.165) is 22.3 Å². The van der Waals surface area contributed by atoms with Crippen LogP contribution in [0.15, 0.2) is 53.5 Å². The predicted octanol–water partition coefficient (Wildman–Crippen LogP) is 2.63. The molecule has 2 aromatic carbocycles. The van der Waals surface area contributed by atoms with Crippen molar-refractivity contribution in [2.75, 3.05) is 27.2 Å². The Bertz CT molecular complexity index is 928. The molecular formula is C23H28N4O4. The van der Waals surface area contributed by atoms with Crippen LogP contribution in [-0.4, -0.2) is 61.3 Å². The highest BCUT2D eigenvalue weighted by molar-refractivity contribution is 5.81. The molecule has 1 atom stereocenters. The minimum absolute atomic E-state index is 0.0789. The van der Waals surface area contributed by atoms with Crippen LogP contribution in [0.4, 0.5) is 4.79 Å². The first kappa shape index (κ1) is 22.1.